The zero-order chi connectivity index (χ0) is 26.1. The highest BCUT2D eigenvalue weighted by molar-refractivity contribution is 6.22. The average molecular weight is 503 g/mol. The Morgan fingerprint density at radius 1 is 0.513 bits per heavy atom. The minimum absolute atomic E-state index is 0.120. The third-order valence-electron chi connectivity index (χ3n) is 8.33. The van der Waals surface area contributed by atoms with Crippen molar-refractivity contribution in [3.05, 3.63) is 132 Å². The maximum Gasteiger partial charge on any atom is 0.136 e. The first-order valence-corrected chi connectivity index (χ1v) is 13.4. The minimum atomic E-state index is -0.120. The number of hydrogen-bond donors (Lipinski definition) is 0. The van der Waals surface area contributed by atoms with Crippen LogP contribution in [0.2, 0.25) is 0 Å². The third-order valence-corrected chi connectivity index (χ3v) is 8.33. The van der Waals surface area contributed by atoms with Gasteiger partial charge in [-0.25, -0.2) is 0 Å². The highest BCUT2D eigenvalue weighted by Gasteiger charge is 2.34. The first-order chi connectivity index (χ1) is 19.1. The van der Waals surface area contributed by atoms with Gasteiger partial charge in [-0.1, -0.05) is 105 Å². The molecule has 6 aromatic carbocycles. The van der Waals surface area contributed by atoms with Crippen LogP contribution < -0.4 is 4.74 Å². The highest BCUT2D eigenvalue weighted by Crippen LogP contribution is 2.49. The number of ether oxygens (including phenoxy) is 1. The van der Waals surface area contributed by atoms with Crippen molar-refractivity contribution in [3.63, 3.8) is 0 Å². The van der Waals surface area contributed by atoms with Gasteiger partial charge in [0.2, 0.25) is 0 Å². The molecule has 186 valence electrons. The second kappa shape index (κ2) is 8.09. The van der Waals surface area contributed by atoms with E-state index in [0.29, 0.717) is 0 Å². The second-order valence-corrected chi connectivity index (χ2v) is 11.0. The van der Waals surface area contributed by atoms with Crippen molar-refractivity contribution in [3.8, 4) is 33.8 Å². The SMILES string of the molecule is CC1(C)c2ccccc2Oc2cc(-c3cccc(-c4cccc5oc6ccc7ccccc7c6c45)c3)ccc21. The molecule has 2 heterocycles. The van der Waals surface area contributed by atoms with E-state index in [4.69, 9.17) is 9.15 Å². The van der Waals surface area contributed by atoms with E-state index in [2.05, 4.69) is 129 Å². The maximum absolute atomic E-state index is 6.41. The molecule has 0 saturated heterocycles. The fourth-order valence-corrected chi connectivity index (χ4v) is 6.33. The van der Waals surface area contributed by atoms with Gasteiger partial charge in [0.25, 0.3) is 0 Å². The first kappa shape index (κ1) is 22.2. The Hall–Kier alpha value is -4.82. The fraction of sp³-hybridized carbons (Fsp3) is 0.0811. The second-order valence-electron chi connectivity index (χ2n) is 11.0. The molecule has 0 amide bonds. The summed E-state index contributed by atoms with van der Waals surface area (Å²) in [5.41, 5.74) is 8.78. The van der Waals surface area contributed by atoms with E-state index in [1.54, 1.807) is 0 Å². The van der Waals surface area contributed by atoms with Crippen LogP contribution >= 0.6 is 0 Å². The highest BCUT2D eigenvalue weighted by atomic mass is 16.5. The molecule has 7 aromatic rings. The molecular formula is C37H26O2. The van der Waals surface area contributed by atoms with E-state index in [1.807, 2.05) is 6.07 Å². The Kier molecular flexibility index (Phi) is 4.60. The number of benzene rings is 6. The molecule has 8 rings (SSSR count). The van der Waals surface area contributed by atoms with Crippen LogP contribution in [0.25, 0.3) is 55.0 Å². The van der Waals surface area contributed by atoms with Crippen molar-refractivity contribution in [1.29, 1.82) is 0 Å². The number of furan rings is 1. The van der Waals surface area contributed by atoms with Crippen LogP contribution in [0.15, 0.2) is 126 Å². The van der Waals surface area contributed by atoms with E-state index in [0.717, 1.165) is 44.7 Å². The summed E-state index contributed by atoms with van der Waals surface area (Å²) in [5.74, 6) is 1.86. The molecule has 39 heavy (non-hydrogen) atoms. The number of rotatable bonds is 2. The summed E-state index contributed by atoms with van der Waals surface area (Å²) in [5, 5.41) is 4.77. The molecule has 2 heteroatoms. The van der Waals surface area contributed by atoms with Gasteiger partial charge in [0.05, 0.1) is 0 Å². The summed E-state index contributed by atoms with van der Waals surface area (Å²) in [6.07, 6.45) is 0. The molecule has 1 aliphatic heterocycles. The Labute approximate surface area is 227 Å². The van der Waals surface area contributed by atoms with Crippen LogP contribution in [-0.4, -0.2) is 0 Å². The lowest BCUT2D eigenvalue weighted by molar-refractivity contribution is 0.418. The van der Waals surface area contributed by atoms with Gasteiger partial charge in [-0.15, -0.1) is 0 Å². The average Bonchev–Trinajstić information content (AvgIpc) is 3.37. The molecule has 0 bridgehead atoms. The molecule has 0 N–H and O–H groups in total. The van der Waals surface area contributed by atoms with Crippen LogP contribution in [0.5, 0.6) is 11.5 Å². The van der Waals surface area contributed by atoms with Crippen molar-refractivity contribution in [1.82, 2.24) is 0 Å². The van der Waals surface area contributed by atoms with Crippen LogP contribution in [0.3, 0.4) is 0 Å². The van der Waals surface area contributed by atoms with Crippen LogP contribution in [0.4, 0.5) is 0 Å². The standard InChI is InChI=1S/C37H26O2/c1-37(2)29-14-5-6-15-31(29)38-34-22-25(17-19-30(34)37)24-10-7-11-26(21-24)28-13-8-16-32-36(28)35-27-12-4-3-9-23(27)18-20-33(35)39-32/h3-22H,1-2H3. The molecule has 0 radical (unpaired) electrons. The van der Waals surface area contributed by atoms with Gasteiger partial charge < -0.3 is 9.15 Å². The molecule has 2 nitrogen and oxygen atoms in total. The Bertz CT molecular complexity index is 2080. The predicted octanol–water partition coefficient (Wildman–Crippen LogP) is 10.5. The Morgan fingerprint density at radius 3 is 2.21 bits per heavy atom. The molecule has 0 unspecified atom stereocenters. The quantitative estimate of drug-likeness (QED) is 0.235. The first-order valence-electron chi connectivity index (χ1n) is 13.4. The number of hydrogen-bond acceptors (Lipinski definition) is 2. The van der Waals surface area contributed by atoms with Gasteiger partial charge >= 0.3 is 0 Å². The van der Waals surface area contributed by atoms with E-state index in [1.165, 1.54) is 32.8 Å². The number of para-hydroxylation sites is 1. The third kappa shape index (κ3) is 3.28. The lowest BCUT2D eigenvalue weighted by Gasteiger charge is -2.34. The normalized spacial score (nSPS) is 13.8. The van der Waals surface area contributed by atoms with Crippen molar-refractivity contribution in [2.75, 3.05) is 0 Å². The van der Waals surface area contributed by atoms with E-state index < -0.39 is 0 Å². The van der Waals surface area contributed by atoms with Crippen molar-refractivity contribution in [2.45, 2.75) is 19.3 Å². The zero-order valence-corrected chi connectivity index (χ0v) is 21.9. The molecule has 1 aromatic heterocycles. The van der Waals surface area contributed by atoms with Gasteiger partial charge in [0, 0.05) is 27.3 Å². The van der Waals surface area contributed by atoms with Crippen LogP contribution in [0.1, 0.15) is 25.0 Å². The van der Waals surface area contributed by atoms with Crippen molar-refractivity contribution in [2.24, 2.45) is 0 Å². The van der Waals surface area contributed by atoms with Gasteiger partial charge in [0.1, 0.15) is 22.7 Å². The fourth-order valence-electron chi connectivity index (χ4n) is 6.33. The van der Waals surface area contributed by atoms with Gasteiger partial charge in [0.15, 0.2) is 0 Å². The zero-order valence-electron chi connectivity index (χ0n) is 21.9. The monoisotopic (exact) mass is 502 g/mol. The van der Waals surface area contributed by atoms with Gasteiger partial charge in [-0.2, -0.15) is 0 Å². The number of fused-ring (bicyclic) bond motifs is 7. The van der Waals surface area contributed by atoms with Crippen molar-refractivity contribution >= 4 is 32.7 Å². The van der Waals surface area contributed by atoms with E-state index >= 15 is 0 Å². The molecule has 0 atom stereocenters. The predicted molar refractivity (Wildman–Crippen MR) is 161 cm³/mol. The molecule has 0 saturated carbocycles. The lowest BCUT2D eigenvalue weighted by Crippen LogP contribution is -2.24. The van der Waals surface area contributed by atoms with Gasteiger partial charge in [-0.3, -0.25) is 0 Å². The maximum atomic E-state index is 6.41. The molecule has 0 spiro atoms. The summed E-state index contributed by atoms with van der Waals surface area (Å²) in [4.78, 5) is 0. The molecule has 1 aliphatic rings. The summed E-state index contributed by atoms with van der Waals surface area (Å²) in [6, 6.07) is 42.9. The van der Waals surface area contributed by atoms with Crippen LogP contribution in [0, 0.1) is 0 Å². The smallest absolute Gasteiger partial charge is 0.136 e. The van der Waals surface area contributed by atoms with E-state index in [-0.39, 0.29) is 5.41 Å². The molecule has 0 aliphatic carbocycles. The largest absolute Gasteiger partial charge is 0.457 e. The lowest BCUT2D eigenvalue weighted by atomic mass is 9.75. The Balaban J connectivity index is 1.29. The van der Waals surface area contributed by atoms with Crippen molar-refractivity contribution < 1.29 is 9.15 Å². The minimum Gasteiger partial charge on any atom is -0.457 e. The van der Waals surface area contributed by atoms with E-state index in [9.17, 15) is 0 Å². The van der Waals surface area contributed by atoms with Crippen LogP contribution in [-0.2, 0) is 5.41 Å². The summed E-state index contributed by atoms with van der Waals surface area (Å²) >= 11 is 0. The molecular weight excluding hydrogens is 476 g/mol. The Morgan fingerprint density at radius 2 is 1.26 bits per heavy atom. The summed E-state index contributed by atoms with van der Waals surface area (Å²) in [6.45, 7) is 4.54. The molecule has 0 fully saturated rings. The topological polar surface area (TPSA) is 22.4 Å². The summed E-state index contributed by atoms with van der Waals surface area (Å²) < 4.78 is 12.7. The van der Waals surface area contributed by atoms with Gasteiger partial charge in [-0.05, 0) is 63.4 Å². The summed E-state index contributed by atoms with van der Waals surface area (Å²) in [7, 11) is 0.